The molecule has 0 saturated carbocycles. The Balaban J connectivity index is 1.88. The van der Waals surface area contributed by atoms with Gasteiger partial charge in [0.15, 0.2) is 0 Å². The summed E-state index contributed by atoms with van der Waals surface area (Å²) in [5.74, 6) is 0.200. The third-order valence-electron chi connectivity index (χ3n) is 3.12. The van der Waals surface area contributed by atoms with Crippen molar-refractivity contribution in [1.29, 1.82) is 0 Å². The van der Waals surface area contributed by atoms with Crippen LogP contribution in [0.5, 0.6) is 5.75 Å². The number of methoxy groups -OCH3 is 1. The summed E-state index contributed by atoms with van der Waals surface area (Å²) < 4.78 is 5.16. The lowest BCUT2D eigenvalue weighted by Crippen LogP contribution is -2.32. The van der Waals surface area contributed by atoms with Crippen LogP contribution in [0.25, 0.3) is 0 Å². The van der Waals surface area contributed by atoms with Gasteiger partial charge in [-0.05, 0) is 42.8 Å². The molecule has 2 N–H and O–H groups in total. The van der Waals surface area contributed by atoms with E-state index < -0.39 is 0 Å². The maximum absolute atomic E-state index is 11.9. The molecule has 22 heavy (non-hydrogen) atoms. The van der Waals surface area contributed by atoms with Gasteiger partial charge < -0.3 is 15.4 Å². The van der Waals surface area contributed by atoms with Crippen molar-refractivity contribution in [2.24, 2.45) is 0 Å². The SMILES string of the molecule is COc1ccc(NC(=O)CNC(=O)c2ccccc2)cc1C. The number of ether oxygens (including phenoxy) is 1. The molecule has 2 aromatic rings. The molecule has 0 aliphatic carbocycles. The van der Waals surface area contributed by atoms with Crippen LogP contribution in [0.15, 0.2) is 48.5 Å². The second-order valence-corrected chi connectivity index (χ2v) is 4.78. The normalized spacial score (nSPS) is 9.91. The van der Waals surface area contributed by atoms with Crippen LogP contribution in [-0.4, -0.2) is 25.5 Å². The Morgan fingerprint density at radius 3 is 2.45 bits per heavy atom. The van der Waals surface area contributed by atoms with Crippen LogP contribution in [0.2, 0.25) is 0 Å². The third kappa shape index (κ3) is 4.09. The number of carbonyl (C=O) groups excluding carboxylic acids is 2. The quantitative estimate of drug-likeness (QED) is 0.890. The smallest absolute Gasteiger partial charge is 0.251 e. The fraction of sp³-hybridized carbons (Fsp3) is 0.176. The summed E-state index contributed by atoms with van der Waals surface area (Å²) in [6.45, 7) is 1.81. The average molecular weight is 298 g/mol. The van der Waals surface area contributed by atoms with Gasteiger partial charge >= 0.3 is 0 Å². The number of benzene rings is 2. The van der Waals surface area contributed by atoms with Crippen molar-refractivity contribution in [3.05, 3.63) is 59.7 Å². The fourth-order valence-electron chi connectivity index (χ4n) is 2.01. The van der Waals surface area contributed by atoms with E-state index in [4.69, 9.17) is 4.74 Å². The first-order chi connectivity index (χ1) is 10.6. The minimum atomic E-state index is -0.283. The van der Waals surface area contributed by atoms with Crippen molar-refractivity contribution in [1.82, 2.24) is 5.32 Å². The van der Waals surface area contributed by atoms with Gasteiger partial charge in [-0.15, -0.1) is 0 Å². The van der Waals surface area contributed by atoms with Crippen LogP contribution in [0, 0.1) is 6.92 Å². The van der Waals surface area contributed by atoms with E-state index in [1.807, 2.05) is 19.1 Å². The van der Waals surface area contributed by atoms with Crippen LogP contribution in [0.3, 0.4) is 0 Å². The zero-order valence-corrected chi connectivity index (χ0v) is 12.6. The van der Waals surface area contributed by atoms with Gasteiger partial charge in [0.05, 0.1) is 13.7 Å². The first-order valence-corrected chi connectivity index (χ1v) is 6.88. The van der Waals surface area contributed by atoms with Gasteiger partial charge in [0, 0.05) is 11.3 Å². The molecule has 2 rings (SSSR count). The van der Waals surface area contributed by atoms with Crippen LogP contribution in [0.1, 0.15) is 15.9 Å². The highest BCUT2D eigenvalue weighted by molar-refractivity contribution is 5.99. The van der Waals surface area contributed by atoms with Gasteiger partial charge in [0.25, 0.3) is 5.91 Å². The molecule has 0 bridgehead atoms. The molecule has 5 heteroatoms. The van der Waals surface area contributed by atoms with Crippen molar-refractivity contribution in [2.75, 3.05) is 19.0 Å². The second kappa shape index (κ2) is 7.26. The number of aryl methyl sites for hydroxylation is 1. The molecule has 0 saturated heterocycles. The number of hydrogen-bond acceptors (Lipinski definition) is 3. The number of nitrogens with one attached hydrogen (secondary N) is 2. The van der Waals surface area contributed by atoms with Crippen LogP contribution in [0.4, 0.5) is 5.69 Å². The summed E-state index contributed by atoms with van der Waals surface area (Å²) in [5.41, 5.74) is 2.11. The Hall–Kier alpha value is -2.82. The lowest BCUT2D eigenvalue weighted by atomic mass is 10.2. The number of amides is 2. The molecule has 114 valence electrons. The first kappa shape index (κ1) is 15.6. The standard InChI is InChI=1S/C17H18N2O3/c1-12-10-14(8-9-15(12)22-2)19-16(20)11-18-17(21)13-6-4-3-5-7-13/h3-10H,11H2,1-2H3,(H,18,21)(H,19,20). The zero-order valence-electron chi connectivity index (χ0n) is 12.6. The highest BCUT2D eigenvalue weighted by Crippen LogP contribution is 2.21. The van der Waals surface area contributed by atoms with Gasteiger partial charge in [-0.3, -0.25) is 9.59 Å². The van der Waals surface area contributed by atoms with E-state index in [2.05, 4.69) is 10.6 Å². The molecule has 0 unspecified atom stereocenters. The van der Waals surface area contributed by atoms with Gasteiger partial charge in [-0.1, -0.05) is 18.2 Å². The summed E-state index contributed by atoms with van der Waals surface area (Å²) in [6.07, 6.45) is 0. The first-order valence-electron chi connectivity index (χ1n) is 6.88. The zero-order chi connectivity index (χ0) is 15.9. The topological polar surface area (TPSA) is 67.4 Å². The summed E-state index contributed by atoms with van der Waals surface area (Å²) in [7, 11) is 1.60. The minimum Gasteiger partial charge on any atom is -0.496 e. The van der Waals surface area contributed by atoms with E-state index in [0.717, 1.165) is 11.3 Å². The van der Waals surface area contributed by atoms with Crippen molar-refractivity contribution in [2.45, 2.75) is 6.92 Å². The van der Waals surface area contributed by atoms with Crippen LogP contribution >= 0.6 is 0 Å². The molecule has 2 aromatic carbocycles. The molecule has 0 fully saturated rings. The highest BCUT2D eigenvalue weighted by atomic mass is 16.5. The molecule has 0 heterocycles. The summed E-state index contributed by atoms with van der Waals surface area (Å²) in [4.78, 5) is 23.7. The van der Waals surface area contributed by atoms with E-state index in [1.165, 1.54) is 0 Å². The van der Waals surface area contributed by atoms with Gasteiger partial charge in [0.2, 0.25) is 5.91 Å². The predicted molar refractivity (Wildman–Crippen MR) is 85.1 cm³/mol. The van der Waals surface area contributed by atoms with Gasteiger partial charge in [0.1, 0.15) is 5.75 Å². The van der Waals surface area contributed by atoms with E-state index in [-0.39, 0.29) is 18.4 Å². The molecule has 0 aliphatic heterocycles. The number of anilines is 1. The fourth-order valence-corrected chi connectivity index (χ4v) is 2.01. The van der Waals surface area contributed by atoms with Crippen molar-refractivity contribution < 1.29 is 14.3 Å². The Labute approximate surface area is 129 Å². The van der Waals surface area contributed by atoms with Crippen molar-refractivity contribution >= 4 is 17.5 Å². The molecular weight excluding hydrogens is 280 g/mol. The summed E-state index contributed by atoms with van der Waals surface area (Å²) >= 11 is 0. The maximum atomic E-state index is 11.9. The van der Waals surface area contributed by atoms with Gasteiger partial charge in [-0.2, -0.15) is 0 Å². The largest absolute Gasteiger partial charge is 0.496 e. The lowest BCUT2D eigenvalue weighted by molar-refractivity contribution is -0.115. The van der Waals surface area contributed by atoms with Gasteiger partial charge in [-0.25, -0.2) is 0 Å². The molecule has 5 nitrogen and oxygen atoms in total. The molecule has 0 atom stereocenters. The van der Waals surface area contributed by atoms with E-state index in [9.17, 15) is 9.59 Å². The minimum absolute atomic E-state index is 0.0845. The van der Waals surface area contributed by atoms with Crippen LogP contribution in [-0.2, 0) is 4.79 Å². The van der Waals surface area contributed by atoms with E-state index in [1.54, 1.807) is 43.5 Å². The summed E-state index contributed by atoms with van der Waals surface area (Å²) in [5, 5.41) is 5.31. The Morgan fingerprint density at radius 2 is 1.82 bits per heavy atom. The Kier molecular flexibility index (Phi) is 5.14. The van der Waals surface area contributed by atoms with Crippen molar-refractivity contribution in [3.8, 4) is 5.75 Å². The predicted octanol–water partition coefficient (Wildman–Crippen LogP) is 2.37. The molecular formula is C17H18N2O3. The Bertz CT molecular complexity index is 669. The van der Waals surface area contributed by atoms with Crippen molar-refractivity contribution in [3.63, 3.8) is 0 Å². The summed E-state index contributed by atoms with van der Waals surface area (Å²) in [6, 6.07) is 14.1. The monoisotopic (exact) mass is 298 g/mol. The molecule has 2 amide bonds. The van der Waals surface area contributed by atoms with E-state index >= 15 is 0 Å². The van der Waals surface area contributed by atoms with Crippen LogP contribution < -0.4 is 15.4 Å². The molecule has 0 radical (unpaired) electrons. The highest BCUT2D eigenvalue weighted by Gasteiger charge is 2.08. The number of hydrogen-bond donors (Lipinski definition) is 2. The maximum Gasteiger partial charge on any atom is 0.251 e. The molecule has 0 aliphatic rings. The molecule has 0 aromatic heterocycles. The average Bonchev–Trinajstić information content (AvgIpc) is 2.53. The number of carbonyl (C=O) groups is 2. The third-order valence-corrected chi connectivity index (χ3v) is 3.12. The number of rotatable bonds is 5. The lowest BCUT2D eigenvalue weighted by Gasteiger charge is -2.09. The van der Waals surface area contributed by atoms with E-state index in [0.29, 0.717) is 11.3 Å². The second-order valence-electron chi connectivity index (χ2n) is 4.78. The Morgan fingerprint density at radius 1 is 1.09 bits per heavy atom. The molecule has 0 spiro atoms.